The van der Waals surface area contributed by atoms with Gasteiger partial charge in [-0.15, -0.1) is 0 Å². The van der Waals surface area contributed by atoms with Gasteiger partial charge in [0.1, 0.15) is 0 Å². The predicted molar refractivity (Wildman–Crippen MR) is 66.7 cm³/mol. The van der Waals surface area contributed by atoms with Crippen LogP contribution in [0.15, 0.2) is 0 Å². The standard InChI is InChI=1S/C10H20N2S2/c11-9-2-1-3-10(8-9)12-4-6-13-14-7-5-12/h9-10H,1-8,11H2. The number of nitrogens with zero attached hydrogens (tertiary/aromatic N) is 1. The van der Waals surface area contributed by atoms with E-state index in [-0.39, 0.29) is 0 Å². The van der Waals surface area contributed by atoms with Crippen LogP contribution < -0.4 is 5.73 Å². The largest absolute Gasteiger partial charge is 0.328 e. The molecule has 2 fully saturated rings. The molecule has 14 heavy (non-hydrogen) atoms. The van der Waals surface area contributed by atoms with Crippen molar-refractivity contribution in [3.05, 3.63) is 0 Å². The Morgan fingerprint density at radius 2 is 1.79 bits per heavy atom. The Hall–Kier alpha value is 0.620. The van der Waals surface area contributed by atoms with Crippen LogP contribution in [0.3, 0.4) is 0 Å². The van der Waals surface area contributed by atoms with E-state index in [4.69, 9.17) is 5.73 Å². The van der Waals surface area contributed by atoms with E-state index in [1.54, 1.807) is 0 Å². The summed E-state index contributed by atoms with van der Waals surface area (Å²) in [5, 5.41) is 0. The Morgan fingerprint density at radius 3 is 2.43 bits per heavy atom. The minimum absolute atomic E-state index is 0.470. The average Bonchev–Trinajstić information content (AvgIpc) is 2.45. The Labute approximate surface area is 94.8 Å². The summed E-state index contributed by atoms with van der Waals surface area (Å²) in [6.45, 7) is 2.55. The summed E-state index contributed by atoms with van der Waals surface area (Å²) < 4.78 is 0. The van der Waals surface area contributed by atoms with Crippen molar-refractivity contribution in [2.24, 2.45) is 5.73 Å². The van der Waals surface area contributed by atoms with Gasteiger partial charge in [0.15, 0.2) is 0 Å². The molecule has 2 unspecified atom stereocenters. The topological polar surface area (TPSA) is 29.3 Å². The van der Waals surface area contributed by atoms with Gasteiger partial charge in [-0.05, 0) is 19.3 Å². The van der Waals surface area contributed by atoms with Gasteiger partial charge >= 0.3 is 0 Å². The molecule has 0 bridgehead atoms. The maximum absolute atomic E-state index is 6.03. The van der Waals surface area contributed by atoms with Crippen LogP contribution in [0.1, 0.15) is 25.7 Å². The molecule has 2 aliphatic rings. The van der Waals surface area contributed by atoms with Crippen molar-refractivity contribution >= 4 is 21.6 Å². The van der Waals surface area contributed by atoms with Crippen molar-refractivity contribution < 1.29 is 0 Å². The fourth-order valence-corrected chi connectivity index (χ4v) is 4.44. The number of rotatable bonds is 1. The second kappa shape index (κ2) is 5.64. The summed E-state index contributed by atoms with van der Waals surface area (Å²) in [5.41, 5.74) is 6.03. The van der Waals surface area contributed by atoms with Crippen LogP contribution >= 0.6 is 21.6 Å². The van der Waals surface area contributed by atoms with Gasteiger partial charge in [0.2, 0.25) is 0 Å². The summed E-state index contributed by atoms with van der Waals surface area (Å²) in [6, 6.07) is 1.26. The van der Waals surface area contributed by atoms with E-state index in [1.807, 2.05) is 21.6 Å². The predicted octanol–water partition coefficient (Wildman–Crippen LogP) is 1.95. The van der Waals surface area contributed by atoms with Gasteiger partial charge < -0.3 is 5.73 Å². The van der Waals surface area contributed by atoms with Gasteiger partial charge in [0.05, 0.1) is 0 Å². The molecule has 0 spiro atoms. The maximum Gasteiger partial charge on any atom is 0.0165 e. The van der Waals surface area contributed by atoms with Gasteiger partial charge in [0, 0.05) is 36.7 Å². The lowest BCUT2D eigenvalue weighted by molar-refractivity contribution is 0.165. The smallest absolute Gasteiger partial charge is 0.0165 e. The highest BCUT2D eigenvalue weighted by Crippen LogP contribution is 2.28. The highest BCUT2D eigenvalue weighted by atomic mass is 33.1. The van der Waals surface area contributed by atoms with Crippen LogP contribution in [0, 0.1) is 0 Å². The van der Waals surface area contributed by atoms with Gasteiger partial charge in [-0.3, -0.25) is 4.90 Å². The average molecular weight is 232 g/mol. The first kappa shape index (κ1) is 11.1. The fraction of sp³-hybridized carbons (Fsp3) is 1.00. The first-order chi connectivity index (χ1) is 6.86. The van der Waals surface area contributed by atoms with Crippen molar-refractivity contribution in [2.45, 2.75) is 37.8 Å². The lowest BCUT2D eigenvalue weighted by Crippen LogP contribution is -2.43. The first-order valence-electron chi connectivity index (χ1n) is 5.60. The lowest BCUT2D eigenvalue weighted by Gasteiger charge is -2.35. The van der Waals surface area contributed by atoms with E-state index in [0.717, 1.165) is 6.04 Å². The van der Waals surface area contributed by atoms with Crippen LogP contribution in [-0.2, 0) is 0 Å². The number of nitrogens with two attached hydrogens (primary N) is 1. The van der Waals surface area contributed by atoms with Crippen LogP contribution in [0.4, 0.5) is 0 Å². The van der Waals surface area contributed by atoms with E-state index < -0.39 is 0 Å². The van der Waals surface area contributed by atoms with Crippen molar-refractivity contribution in [1.82, 2.24) is 4.90 Å². The SMILES string of the molecule is NC1CCCC(N2CCSSCC2)C1. The molecule has 1 aliphatic heterocycles. The molecule has 0 aromatic rings. The Kier molecular flexibility index (Phi) is 4.47. The third-order valence-corrected chi connectivity index (χ3v) is 5.58. The van der Waals surface area contributed by atoms with E-state index in [1.165, 1.54) is 50.3 Å². The molecule has 2 atom stereocenters. The maximum atomic E-state index is 6.03. The second-order valence-corrected chi connectivity index (χ2v) is 6.96. The summed E-state index contributed by atoms with van der Waals surface area (Å²) in [7, 11) is 4.06. The zero-order chi connectivity index (χ0) is 9.80. The molecule has 82 valence electrons. The molecule has 0 radical (unpaired) electrons. The monoisotopic (exact) mass is 232 g/mol. The molecule has 0 aromatic carbocycles. The van der Waals surface area contributed by atoms with Crippen LogP contribution in [0.5, 0.6) is 0 Å². The molecule has 4 heteroatoms. The molecule has 1 aliphatic carbocycles. The highest BCUT2D eigenvalue weighted by molar-refractivity contribution is 8.76. The van der Waals surface area contributed by atoms with Gasteiger partial charge in [-0.25, -0.2) is 0 Å². The third-order valence-electron chi connectivity index (χ3n) is 3.21. The van der Waals surface area contributed by atoms with E-state index in [2.05, 4.69) is 4.90 Å². The van der Waals surface area contributed by atoms with Crippen molar-refractivity contribution in [3.63, 3.8) is 0 Å². The molecule has 2 nitrogen and oxygen atoms in total. The second-order valence-electron chi connectivity index (χ2n) is 4.26. The fourth-order valence-electron chi connectivity index (χ4n) is 2.44. The molecule has 1 saturated heterocycles. The molecular formula is C10H20N2S2. The molecule has 1 heterocycles. The van der Waals surface area contributed by atoms with E-state index in [9.17, 15) is 0 Å². The summed E-state index contributed by atoms with van der Waals surface area (Å²) in [6.07, 6.45) is 5.19. The first-order valence-corrected chi connectivity index (χ1v) is 8.09. The van der Waals surface area contributed by atoms with Crippen molar-refractivity contribution in [2.75, 3.05) is 24.6 Å². The minimum atomic E-state index is 0.470. The van der Waals surface area contributed by atoms with Gasteiger partial charge in [-0.2, -0.15) is 0 Å². The van der Waals surface area contributed by atoms with Crippen LogP contribution in [0.25, 0.3) is 0 Å². The molecule has 2 rings (SSSR count). The van der Waals surface area contributed by atoms with Crippen molar-refractivity contribution in [1.29, 1.82) is 0 Å². The Bertz CT molecular complexity index is 170. The third kappa shape index (κ3) is 3.05. The van der Waals surface area contributed by atoms with Gasteiger partial charge in [-0.1, -0.05) is 28.0 Å². The van der Waals surface area contributed by atoms with Crippen LogP contribution in [0.2, 0.25) is 0 Å². The number of hydrogen-bond donors (Lipinski definition) is 1. The molecule has 0 aromatic heterocycles. The quantitative estimate of drug-likeness (QED) is 0.700. The van der Waals surface area contributed by atoms with Crippen LogP contribution in [-0.4, -0.2) is 41.6 Å². The molecule has 2 N–H and O–H groups in total. The lowest BCUT2D eigenvalue weighted by atomic mass is 9.90. The summed E-state index contributed by atoms with van der Waals surface area (Å²) in [4.78, 5) is 2.67. The van der Waals surface area contributed by atoms with Crippen molar-refractivity contribution in [3.8, 4) is 0 Å². The Morgan fingerprint density at radius 1 is 1.07 bits per heavy atom. The summed E-state index contributed by atoms with van der Waals surface area (Å²) in [5.74, 6) is 2.58. The highest BCUT2D eigenvalue weighted by Gasteiger charge is 2.25. The van der Waals surface area contributed by atoms with E-state index in [0.29, 0.717) is 6.04 Å². The van der Waals surface area contributed by atoms with E-state index >= 15 is 0 Å². The molecule has 1 saturated carbocycles. The molecular weight excluding hydrogens is 212 g/mol. The normalized spacial score (nSPS) is 36.6. The van der Waals surface area contributed by atoms with Gasteiger partial charge in [0.25, 0.3) is 0 Å². The number of hydrogen-bond acceptors (Lipinski definition) is 4. The molecule has 0 amide bonds. The summed E-state index contributed by atoms with van der Waals surface area (Å²) >= 11 is 0. The Balaban J connectivity index is 1.85. The zero-order valence-corrected chi connectivity index (χ0v) is 10.3. The minimum Gasteiger partial charge on any atom is -0.328 e. The zero-order valence-electron chi connectivity index (χ0n) is 8.65.